The van der Waals surface area contributed by atoms with Crippen molar-refractivity contribution in [2.75, 3.05) is 0 Å². The van der Waals surface area contributed by atoms with Crippen molar-refractivity contribution in [3.05, 3.63) is 187 Å². The molecule has 0 aliphatic carbocycles. The second-order valence-corrected chi connectivity index (χ2v) is 11.9. The highest BCUT2D eigenvalue weighted by molar-refractivity contribution is 6.16. The van der Waals surface area contributed by atoms with Gasteiger partial charge < -0.3 is 9.88 Å². The summed E-state index contributed by atoms with van der Waals surface area (Å²) in [6.07, 6.45) is -0.385. The molecular formula is C43H30N4. The molecule has 0 bridgehead atoms. The maximum Gasteiger partial charge on any atom is 0.169 e. The number of nitrogens with one attached hydrogen (secondary N) is 1. The monoisotopic (exact) mass is 602 g/mol. The first kappa shape index (κ1) is 27.1. The van der Waals surface area contributed by atoms with Gasteiger partial charge in [-0.3, -0.25) is 0 Å². The van der Waals surface area contributed by atoms with Gasteiger partial charge in [0.2, 0.25) is 0 Å². The number of amidine groups is 2. The fourth-order valence-electron chi connectivity index (χ4n) is 6.70. The molecule has 4 heteroatoms. The van der Waals surface area contributed by atoms with E-state index in [9.17, 15) is 0 Å². The van der Waals surface area contributed by atoms with Gasteiger partial charge in [-0.25, -0.2) is 9.98 Å². The summed E-state index contributed by atoms with van der Waals surface area (Å²) in [6.45, 7) is 0. The van der Waals surface area contributed by atoms with Crippen molar-refractivity contribution in [1.29, 1.82) is 0 Å². The lowest BCUT2D eigenvalue weighted by Crippen LogP contribution is -2.36. The predicted octanol–water partition coefficient (Wildman–Crippen LogP) is 10.1. The van der Waals surface area contributed by atoms with E-state index in [1.807, 2.05) is 18.2 Å². The van der Waals surface area contributed by atoms with Gasteiger partial charge in [-0.1, -0.05) is 140 Å². The van der Waals surface area contributed by atoms with Gasteiger partial charge in [-0.05, 0) is 57.8 Å². The van der Waals surface area contributed by atoms with Gasteiger partial charge in [0.25, 0.3) is 0 Å². The van der Waals surface area contributed by atoms with Crippen LogP contribution in [-0.4, -0.2) is 16.2 Å². The standard InChI is InChI=1S/C43H30N4/c1-2-12-31(13-3-1)41-44-42(32-24-21-30(22-25-32)34-26-23-29-11-4-5-14-33(29)27-34)46-43(45-41)35-15-10-16-36(28-35)47-39-19-8-6-17-37(39)38-18-7-9-20-40(38)47/h1-28,42H,(H,44,45,46). The Kier molecular flexibility index (Phi) is 6.50. The number of hydrogen-bond donors (Lipinski definition) is 1. The number of fused-ring (bicyclic) bond motifs is 4. The van der Waals surface area contributed by atoms with Gasteiger partial charge in [-0.2, -0.15) is 0 Å². The van der Waals surface area contributed by atoms with Gasteiger partial charge >= 0.3 is 0 Å². The number of benzene rings is 7. The summed E-state index contributed by atoms with van der Waals surface area (Å²) < 4.78 is 2.34. The largest absolute Gasteiger partial charge is 0.324 e. The lowest BCUT2D eigenvalue weighted by atomic mass is 9.99. The van der Waals surface area contributed by atoms with Crippen LogP contribution < -0.4 is 5.32 Å². The predicted molar refractivity (Wildman–Crippen MR) is 196 cm³/mol. The molecule has 1 N–H and O–H groups in total. The Morgan fingerprint density at radius 1 is 0.426 bits per heavy atom. The van der Waals surface area contributed by atoms with E-state index >= 15 is 0 Å². The number of aliphatic imine (C=N–C) groups is 2. The van der Waals surface area contributed by atoms with Crippen molar-refractivity contribution >= 4 is 44.2 Å². The Balaban J connectivity index is 1.12. The fraction of sp³-hybridized carbons (Fsp3) is 0.0233. The minimum absolute atomic E-state index is 0.385. The molecule has 9 rings (SSSR count). The number of nitrogens with zero attached hydrogens (tertiary/aromatic N) is 3. The summed E-state index contributed by atoms with van der Waals surface area (Å²) >= 11 is 0. The van der Waals surface area contributed by atoms with E-state index in [0.717, 1.165) is 34.0 Å². The molecule has 1 aliphatic heterocycles. The minimum atomic E-state index is -0.385. The second kappa shape index (κ2) is 11.3. The number of aromatic nitrogens is 1. The van der Waals surface area contributed by atoms with Gasteiger partial charge in [0, 0.05) is 27.6 Å². The van der Waals surface area contributed by atoms with Crippen LogP contribution in [0.4, 0.5) is 0 Å². The van der Waals surface area contributed by atoms with Gasteiger partial charge in [0.15, 0.2) is 6.17 Å². The molecule has 0 fully saturated rings. The Hall–Kier alpha value is -6.26. The van der Waals surface area contributed by atoms with E-state index in [0.29, 0.717) is 0 Å². The molecule has 1 atom stereocenters. The van der Waals surface area contributed by atoms with Crippen molar-refractivity contribution in [1.82, 2.24) is 9.88 Å². The number of hydrogen-bond acceptors (Lipinski definition) is 3. The van der Waals surface area contributed by atoms with Crippen LogP contribution >= 0.6 is 0 Å². The minimum Gasteiger partial charge on any atom is -0.324 e. The topological polar surface area (TPSA) is 41.7 Å². The highest BCUT2D eigenvalue weighted by atomic mass is 15.2. The maximum absolute atomic E-state index is 5.20. The summed E-state index contributed by atoms with van der Waals surface area (Å²) in [5.74, 6) is 1.60. The Bertz CT molecular complexity index is 2430. The van der Waals surface area contributed by atoms with E-state index < -0.39 is 0 Å². The lowest BCUT2D eigenvalue weighted by molar-refractivity contribution is 0.756. The molecule has 47 heavy (non-hydrogen) atoms. The lowest BCUT2D eigenvalue weighted by Gasteiger charge is -2.23. The summed E-state index contributed by atoms with van der Waals surface area (Å²) in [6, 6.07) is 59.9. The molecule has 0 amide bonds. The van der Waals surface area contributed by atoms with Crippen LogP contribution in [0.1, 0.15) is 22.9 Å². The van der Waals surface area contributed by atoms with Gasteiger partial charge in [-0.15, -0.1) is 0 Å². The Morgan fingerprint density at radius 2 is 1.02 bits per heavy atom. The van der Waals surface area contributed by atoms with Crippen LogP contribution in [0, 0.1) is 0 Å². The molecule has 7 aromatic carbocycles. The van der Waals surface area contributed by atoms with Crippen molar-refractivity contribution in [2.24, 2.45) is 9.98 Å². The SMILES string of the molecule is c1ccc(C2=NC(c3ccc(-c4ccc5ccccc5c4)cc3)N=C(c3cccc(-n4c5ccccc5c5ccccc54)c3)N2)cc1. The summed E-state index contributed by atoms with van der Waals surface area (Å²) in [5, 5.41) is 8.55. The first-order chi connectivity index (χ1) is 23.3. The van der Waals surface area contributed by atoms with Crippen molar-refractivity contribution < 1.29 is 0 Å². The van der Waals surface area contributed by atoms with Crippen LogP contribution in [0.15, 0.2) is 180 Å². The van der Waals surface area contributed by atoms with E-state index in [1.54, 1.807) is 0 Å². The zero-order valence-electron chi connectivity index (χ0n) is 25.6. The molecule has 1 unspecified atom stereocenters. The molecule has 1 aromatic heterocycles. The first-order valence-corrected chi connectivity index (χ1v) is 15.9. The maximum atomic E-state index is 5.20. The third-order valence-electron chi connectivity index (χ3n) is 9.04. The Labute approximate surface area is 273 Å². The zero-order chi connectivity index (χ0) is 31.2. The van der Waals surface area contributed by atoms with E-state index in [-0.39, 0.29) is 6.17 Å². The molecule has 222 valence electrons. The van der Waals surface area contributed by atoms with Crippen LogP contribution in [-0.2, 0) is 0 Å². The van der Waals surface area contributed by atoms with Crippen molar-refractivity contribution in [3.8, 4) is 16.8 Å². The zero-order valence-corrected chi connectivity index (χ0v) is 25.6. The third kappa shape index (κ3) is 4.88. The third-order valence-corrected chi connectivity index (χ3v) is 9.04. The normalized spacial score (nSPS) is 14.6. The first-order valence-electron chi connectivity index (χ1n) is 15.9. The van der Waals surface area contributed by atoms with E-state index in [2.05, 4.69) is 162 Å². The average molecular weight is 603 g/mol. The van der Waals surface area contributed by atoms with E-state index in [4.69, 9.17) is 9.98 Å². The van der Waals surface area contributed by atoms with E-state index in [1.165, 1.54) is 43.7 Å². The molecule has 0 radical (unpaired) electrons. The highest BCUT2D eigenvalue weighted by Gasteiger charge is 2.21. The smallest absolute Gasteiger partial charge is 0.169 e. The fourth-order valence-corrected chi connectivity index (χ4v) is 6.70. The van der Waals surface area contributed by atoms with Crippen molar-refractivity contribution in [3.63, 3.8) is 0 Å². The van der Waals surface area contributed by atoms with Crippen LogP contribution in [0.3, 0.4) is 0 Å². The van der Waals surface area contributed by atoms with Crippen LogP contribution in [0.25, 0.3) is 49.4 Å². The van der Waals surface area contributed by atoms with Gasteiger partial charge in [0.05, 0.1) is 11.0 Å². The van der Waals surface area contributed by atoms with Crippen molar-refractivity contribution in [2.45, 2.75) is 6.17 Å². The molecule has 2 heterocycles. The molecule has 0 saturated carbocycles. The summed E-state index contributed by atoms with van der Waals surface area (Å²) in [4.78, 5) is 10.3. The summed E-state index contributed by atoms with van der Waals surface area (Å²) in [5.41, 5.74) is 8.89. The molecule has 4 nitrogen and oxygen atoms in total. The quantitative estimate of drug-likeness (QED) is 0.209. The summed E-state index contributed by atoms with van der Waals surface area (Å²) in [7, 11) is 0. The molecule has 1 aliphatic rings. The Morgan fingerprint density at radius 3 is 1.77 bits per heavy atom. The molecule has 0 spiro atoms. The second-order valence-electron chi connectivity index (χ2n) is 11.9. The van der Waals surface area contributed by atoms with Crippen LogP contribution in [0.5, 0.6) is 0 Å². The highest BCUT2D eigenvalue weighted by Crippen LogP contribution is 2.33. The van der Waals surface area contributed by atoms with Crippen LogP contribution in [0.2, 0.25) is 0 Å². The average Bonchev–Trinajstić information content (AvgIpc) is 3.49. The molecule has 0 saturated heterocycles. The number of rotatable bonds is 5. The molecular weight excluding hydrogens is 573 g/mol. The van der Waals surface area contributed by atoms with Gasteiger partial charge in [0.1, 0.15) is 11.7 Å². The number of para-hydroxylation sites is 2. The molecule has 8 aromatic rings.